The van der Waals surface area contributed by atoms with E-state index in [1.165, 1.54) is 16.7 Å². The molecule has 0 fully saturated rings. The monoisotopic (exact) mass is 417 g/mol. The normalized spacial score (nSPS) is 11.7. The maximum Gasteiger partial charge on any atom is 0.419 e. The minimum Gasteiger partial charge on any atom is -0.445 e. The Labute approximate surface area is 187 Å². The predicted octanol–water partition coefficient (Wildman–Crippen LogP) is 8.38. The minimum atomic E-state index is -0.378. The van der Waals surface area contributed by atoms with E-state index in [1.807, 2.05) is 66.7 Å². The van der Waals surface area contributed by atoms with Crippen LogP contribution in [0.25, 0.3) is 0 Å². The van der Waals surface area contributed by atoms with Crippen molar-refractivity contribution >= 4 is 17.5 Å². The summed E-state index contributed by atoms with van der Waals surface area (Å²) in [5, 5.41) is 0. The molecule has 0 bridgehead atoms. The summed E-state index contributed by atoms with van der Waals surface area (Å²) >= 11 is 0. The number of amides is 1. The van der Waals surface area contributed by atoms with E-state index in [1.54, 1.807) is 4.90 Å². The molecule has 3 heteroatoms. The lowest BCUT2D eigenvalue weighted by Crippen LogP contribution is -2.26. The molecule has 0 aromatic heterocycles. The van der Waals surface area contributed by atoms with Gasteiger partial charge in [-0.05, 0) is 83.7 Å². The average molecular weight is 418 g/mol. The summed E-state index contributed by atoms with van der Waals surface area (Å²) in [5.41, 5.74) is 5.60. The van der Waals surface area contributed by atoms with Crippen molar-refractivity contribution in [3.63, 3.8) is 0 Å². The van der Waals surface area contributed by atoms with Crippen molar-refractivity contribution in [2.45, 2.75) is 53.4 Å². The van der Waals surface area contributed by atoms with Crippen LogP contribution in [-0.4, -0.2) is 12.7 Å². The van der Waals surface area contributed by atoms with Crippen molar-refractivity contribution in [2.24, 2.45) is 0 Å². The fraction of sp³-hybridized carbons (Fsp3) is 0.321. The third-order valence-corrected chi connectivity index (χ3v) is 4.97. The van der Waals surface area contributed by atoms with Crippen molar-refractivity contribution in [3.8, 4) is 0 Å². The van der Waals surface area contributed by atoms with Crippen LogP contribution in [0.5, 0.6) is 0 Å². The van der Waals surface area contributed by atoms with Gasteiger partial charge in [0.2, 0.25) is 0 Å². The quantitative estimate of drug-likeness (QED) is 0.363. The Bertz CT molecular complexity index is 852. The molecule has 0 saturated carbocycles. The van der Waals surface area contributed by atoms with Crippen LogP contribution in [0.15, 0.2) is 95.6 Å². The van der Waals surface area contributed by atoms with Crippen molar-refractivity contribution in [2.75, 3.05) is 11.5 Å². The van der Waals surface area contributed by atoms with Gasteiger partial charge in [-0.2, -0.15) is 0 Å². The van der Waals surface area contributed by atoms with Gasteiger partial charge in [0.05, 0.1) is 11.4 Å². The Morgan fingerprint density at radius 3 is 1.74 bits per heavy atom. The molecular weight excluding hydrogens is 382 g/mol. The third-order valence-electron chi connectivity index (χ3n) is 4.97. The number of ether oxygens (including phenoxy) is 1. The first kappa shape index (κ1) is 24.2. The summed E-state index contributed by atoms with van der Waals surface area (Å²) < 4.78 is 5.58. The van der Waals surface area contributed by atoms with Crippen LogP contribution in [0.2, 0.25) is 0 Å². The van der Waals surface area contributed by atoms with E-state index in [4.69, 9.17) is 4.74 Å². The lowest BCUT2D eigenvalue weighted by Gasteiger charge is -2.22. The highest BCUT2D eigenvalue weighted by Crippen LogP contribution is 2.25. The van der Waals surface area contributed by atoms with Gasteiger partial charge in [-0.15, -0.1) is 0 Å². The van der Waals surface area contributed by atoms with Crippen LogP contribution in [-0.2, 0) is 4.74 Å². The van der Waals surface area contributed by atoms with Gasteiger partial charge in [0.1, 0.15) is 6.61 Å². The standard InChI is InChI=1S/C28H35NO2/c1-23(2)13-11-14-24(3)15-12-16-25(4)21-22-31-28(30)29(26-17-7-5-8-18-26)27-19-9-6-10-20-27/h5-10,13,15,17-21H,11-12,14,16,22H2,1-4H3/b24-15+,25-21+. The topological polar surface area (TPSA) is 29.5 Å². The summed E-state index contributed by atoms with van der Waals surface area (Å²) in [7, 11) is 0. The maximum absolute atomic E-state index is 12.8. The summed E-state index contributed by atoms with van der Waals surface area (Å²) in [6.45, 7) is 8.83. The summed E-state index contributed by atoms with van der Waals surface area (Å²) in [5.74, 6) is 0. The highest BCUT2D eigenvalue weighted by molar-refractivity contribution is 5.95. The molecule has 0 N–H and O–H groups in total. The zero-order valence-electron chi connectivity index (χ0n) is 19.3. The van der Waals surface area contributed by atoms with Gasteiger partial charge in [0, 0.05) is 0 Å². The fourth-order valence-electron chi connectivity index (χ4n) is 3.17. The number of hydrogen-bond acceptors (Lipinski definition) is 2. The van der Waals surface area contributed by atoms with Gasteiger partial charge in [0.25, 0.3) is 0 Å². The molecular formula is C28H35NO2. The molecule has 0 aliphatic rings. The molecule has 0 aliphatic carbocycles. The molecule has 2 aromatic carbocycles. The maximum atomic E-state index is 12.8. The van der Waals surface area contributed by atoms with E-state index < -0.39 is 0 Å². The van der Waals surface area contributed by atoms with E-state index in [0.29, 0.717) is 0 Å². The number of carbonyl (C=O) groups excluding carboxylic acids is 1. The summed E-state index contributed by atoms with van der Waals surface area (Å²) in [6, 6.07) is 19.1. The van der Waals surface area contributed by atoms with E-state index >= 15 is 0 Å². The van der Waals surface area contributed by atoms with Gasteiger partial charge < -0.3 is 4.74 Å². The fourth-order valence-corrected chi connectivity index (χ4v) is 3.17. The molecule has 0 unspecified atom stereocenters. The van der Waals surface area contributed by atoms with Crippen LogP contribution < -0.4 is 4.90 Å². The second-order valence-electron chi connectivity index (χ2n) is 8.04. The zero-order chi connectivity index (χ0) is 22.5. The third kappa shape index (κ3) is 9.08. The molecule has 0 saturated heterocycles. The van der Waals surface area contributed by atoms with E-state index in [2.05, 4.69) is 39.8 Å². The summed E-state index contributed by atoms with van der Waals surface area (Å²) in [4.78, 5) is 14.4. The molecule has 3 nitrogen and oxygen atoms in total. The Hall–Kier alpha value is -3.07. The van der Waals surface area contributed by atoms with Gasteiger partial charge in [0.15, 0.2) is 0 Å². The highest BCUT2D eigenvalue weighted by Gasteiger charge is 2.18. The first-order chi connectivity index (χ1) is 15.0. The summed E-state index contributed by atoms with van der Waals surface area (Å²) in [6.07, 6.45) is 10.4. The van der Waals surface area contributed by atoms with Crippen molar-refractivity contribution < 1.29 is 9.53 Å². The number of benzene rings is 2. The molecule has 0 heterocycles. The second-order valence-corrected chi connectivity index (χ2v) is 8.04. The average Bonchev–Trinajstić information content (AvgIpc) is 2.75. The van der Waals surface area contributed by atoms with E-state index in [-0.39, 0.29) is 12.7 Å². The molecule has 164 valence electrons. The van der Waals surface area contributed by atoms with Crippen LogP contribution in [0, 0.1) is 0 Å². The smallest absolute Gasteiger partial charge is 0.419 e. The minimum absolute atomic E-state index is 0.268. The largest absolute Gasteiger partial charge is 0.445 e. The van der Waals surface area contributed by atoms with Crippen molar-refractivity contribution in [3.05, 3.63) is 95.6 Å². The zero-order valence-corrected chi connectivity index (χ0v) is 19.3. The molecule has 0 spiro atoms. The van der Waals surface area contributed by atoms with Crippen LogP contribution in [0.1, 0.15) is 53.4 Å². The number of nitrogens with zero attached hydrogens (tertiary/aromatic N) is 1. The van der Waals surface area contributed by atoms with Crippen LogP contribution in [0.3, 0.4) is 0 Å². The first-order valence-corrected chi connectivity index (χ1v) is 11.0. The van der Waals surface area contributed by atoms with Crippen molar-refractivity contribution in [1.82, 2.24) is 0 Å². The Kier molecular flexibility index (Phi) is 10.4. The molecule has 2 rings (SSSR count). The number of hydrogen-bond donors (Lipinski definition) is 0. The molecule has 31 heavy (non-hydrogen) atoms. The Morgan fingerprint density at radius 1 is 0.742 bits per heavy atom. The number of carbonyl (C=O) groups is 1. The second kappa shape index (κ2) is 13.3. The SMILES string of the molecule is CC(C)=CCC/C(C)=C/CC/C(C)=C/COC(=O)N(c1ccccc1)c1ccccc1. The predicted molar refractivity (Wildman–Crippen MR) is 132 cm³/mol. The number of rotatable bonds is 10. The van der Waals surface area contributed by atoms with Crippen LogP contribution in [0.4, 0.5) is 16.2 Å². The molecule has 0 aliphatic heterocycles. The molecule has 1 amide bonds. The first-order valence-electron chi connectivity index (χ1n) is 11.0. The van der Waals surface area contributed by atoms with Crippen LogP contribution >= 0.6 is 0 Å². The van der Waals surface area contributed by atoms with E-state index in [9.17, 15) is 4.79 Å². The number of para-hydroxylation sites is 2. The molecule has 2 aromatic rings. The lowest BCUT2D eigenvalue weighted by atomic mass is 10.1. The van der Waals surface area contributed by atoms with Gasteiger partial charge in [-0.1, -0.05) is 65.3 Å². The van der Waals surface area contributed by atoms with Gasteiger partial charge >= 0.3 is 6.09 Å². The van der Waals surface area contributed by atoms with E-state index in [0.717, 1.165) is 37.1 Å². The highest BCUT2D eigenvalue weighted by atomic mass is 16.6. The van der Waals surface area contributed by atoms with Crippen molar-refractivity contribution in [1.29, 1.82) is 0 Å². The van der Waals surface area contributed by atoms with Gasteiger partial charge in [-0.3, -0.25) is 0 Å². The Balaban J connectivity index is 1.88. The Morgan fingerprint density at radius 2 is 1.23 bits per heavy atom. The molecule has 0 radical (unpaired) electrons. The number of allylic oxidation sites excluding steroid dienone is 5. The molecule has 0 atom stereocenters. The number of anilines is 2. The van der Waals surface area contributed by atoms with Gasteiger partial charge in [-0.25, -0.2) is 9.69 Å². The lowest BCUT2D eigenvalue weighted by molar-refractivity contribution is 0.168.